The van der Waals surface area contributed by atoms with Crippen molar-refractivity contribution in [2.45, 2.75) is 6.92 Å². The number of esters is 1. The lowest BCUT2D eigenvalue weighted by Crippen LogP contribution is -2.39. The highest BCUT2D eigenvalue weighted by atomic mass is 35.5. The van der Waals surface area contributed by atoms with Crippen molar-refractivity contribution >= 4 is 35.1 Å². The topological polar surface area (TPSA) is 79.0 Å². The molecule has 0 radical (unpaired) electrons. The Balaban J connectivity index is 1.98. The van der Waals surface area contributed by atoms with Crippen molar-refractivity contribution < 1.29 is 19.1 Å². The van der Waals surface area contributed by atoms with E-state index in [2.05, 4.69) is 10.1 Å². The third-order valence-corrected chi connectivity index (χ3v) is 4.00. The van der Waals surface area contributed by atoms with Crippen LogP contribution in [0, 0.1) is 6.92 Å². The van der Waals surface area contributed by atoms with E-state index in [0.29, 0.717) is 10.7 Å². The Hall–Kier alpha value is -2.12. The first kappa shape index (κ1) is 17.2. The third kappa shape index (κ3) is 4.00. The van der Waals surface area contributed by atoms with Crippen molar-refractivity contribution in [3.8, 4) is 0 Å². The molecule has 2 amide bonds. The zero-order valence-corrected chi connectivity index (χ0v) is 13.7. The van der Waals surface area contributed by atoms with Gasteiger partial charge >= 0.3 is 5.97 Å². The van der Waals surface area contributed by atoms with Crippen molar-refractivity contribution in [1.82, 2.24) is 10.2 Å². The zero-order valence-electron chi connectivity index (χ0n) is 13.0. The van der Waals surface area contributed by atoms with Gasteiger partial charge in [-0.1, -0.05) is 17.7 Å². The third-order valence-electron chi connectivity index (χ3n) is 3.60. The summed E-state index contributed by atoms with van der Waals surface area (Å²) in [6.45, 7) is 1.91. The van der Waals surface area contributed by atoms with Crippen LogP contribution in [0.15, 0.2) is 18.2 Å². The van der Waals surface area contributed by atoms with Crippen molar-refractivity contribution in [2.24, 2.45) is 0 Å². The molecule has 0 bridgehead atoms. The molecule has 124 valence electrons. The minimum atomic E-state index is -0.452. The molecular weight excluding hydrogens is 322 g/mol. The van der Waals surface area contributed by atoms with E-state index in [9.17, 15) is 14.4 Å². The molecule has 1 aliphatic heterocycles. The largest absolute Gasteiger partial charge is 0.468 e. The van der Waals surface area contributed by atoms with E-state index in [-0.39, 0.29) is 38.1 Å². The van der Waals surface area contributed by atoms with E-state index in [4.69, 9.17) is 11.6 Å². The maximum absolute atomic E-state index is 12.2. The minimum absolute atomic E-state index is 0.00465. The maximum Gasteiger partial charge on any atom is 0.319 e. The Morgan fingerprint density at radius 2 is 2.09 bits per heavy atom. The monoisotopic (exact) mass is 339 g/mol. The molecule has 1 aromatic rings. The lowest BCUT2D eigenvalue weighted by molar-refractivity contribution is -0.139. The standard InChI is InChI=1S/C15H18ClN3O4/c1-10-11(16)4-3-5-12(10)19-9-18(8-14(19)21)13(20)6-17-7-15(22)23-2/h3-5,17H,6-9H2,1-2H3. The van der Waals surface area contributed by atoms with Gasteiger partial charge in [-0.3, -0.25) is 24.6 Å². The fourth-order valence-electron chi connectivity index (χ4n) is 2.27. The van der Waals surface area contributed by atoms with E-state index in [1.54, 1.807) is 18.2 Å². The molecule has 1 aromatic carbocycles. The quantitative estimate of drug-likeness (QED) is 0.792. The zero-order chi connectivity index (χ0) is 17.0. The molecule has 0 atom stereocenters. The molecule has 1 heterocycles. The molecule has 0 unspecified atom stereocenters. The lowest BCUT2D eigenvalue weighted by atomic mass is 10.2. The van der Waals surface area contributed by atoms with Gasteiger partial charge in [-0.2, -0.15) is 0 Å². The summed E-state index contributed by atoms with van der Waals surface area (Å²) >= 11 is 6.08. The van der Waals surface area contributed by atoms with Gasteiger partial charge in [-0.15, -0.1) is 0 Å². The number of carbonyl (C=O) groups excluding carboxylic acids is 3. The van der Waals surface area contributed by atoms with Gasteiger partial charge in [0.2, 0.25) is 11.8 Å². The molecule has 0 spiro atoms. The summed E-state index contributed by atoms with van der Waals surface area (Å²) in [5.41, 5.74) is 1.49. The molecule has 1 fully saturated rings. The van der Waals surface area contributed by atoms with Gasteiger partial charge in [-0.25, -0.2) is 0 Å². The number of amides is 2. The number of methoxy groups -OCH3 is 1. The number of carbonyl (C=O) groups is 3. The van der Waals surface area contributed by atoms with Gasteiger partial charge in [0.1, 0.15) is 13.2 Å². The summed E-state index contributed by atoms with van der Waals surface area (Å²) in [5, 5.41) is 3.26. The highest BCUT2D eigenvalue weighted by molar-refractivity contribution is 6.31. The summed E-state index contributed by atoms with van der Waals surface area (Å²) < 4.78 is 4.47. The fraction of sp³-hybridized carbons (Fsp3) is 0.400. The number of halogens is 1. The van der Waals surface area contributed by atoms with Gasteiger partial charge in [0, 0.05) is 10.7 Å². The second-order valence-corrected chi connectivity index (χ2v) is 5.53. The number of hydrogen-bond acceptors (Lipinski definition) is 5. The van der Waals surface area contributed by atoms with Crippen LogP contribution >= 0.6 is 11.6 Å². The normalized spacial score (nSPS) is 14.3. The predicted molar refractivity (Wildman–Crippen MR) is 85.1 cm³/mol. The van der Waals surface area contributed by atoms with E-state index >= 15 is 0 Å². The molecule has 2 rings (SSSR count). The summed E-state index contributed by atoms with van der Waals surface area (Å²) in [6, 6.07) is 5.31. The lowest BCUT2D eigenvalue weighted by Gasteiger charge is -2.20. The van der Waals surface area contributed by atoms with E-state index < -0.39 is 5.97 Å². The van der Waals surface area contributed by atoms with Gasteiger partial charge in [-0.05, 0) is 24.6 Å². The number of nitrogens with zero attached hydrogens (tertiary/aromatic N) is 2. The van der Waals surface area contributed by atoms with Crippen LogP contribution in [0.25, 0.3) is 0 Å². The summed E-state index contributed by atoms with van der Waals surface area (Å²) in [4.78, 5) is 38.2. The van der Waals surface area contributed by atoms with Crippen LogP contribution < -0.4 is 10.2 Å². The molecule has 1 aliphatic rings. The number of benzene rings is 1. The average Bonchev–Trinajstić information content (AvgIpc) is 2.91. The second-order valence-electron chi connectivity index (χ2n) is 5.12. The van der Waals surface area contributed by atoms with Crippen molar-refractivity contribution in [1.29, 1.82) is 0 Å². The first-order valence-electron chi connectivity index (χ1n) is 7.05. The number of nitrogens with one attached hydrogen (secondary N) is 1. The van der Waals surface area contributed by atoms with Crippen molar-refractivity contribution in [3.05, 3.63) is 28.8 Å². The highest BCUT2D eigenvalue weighted by Gasteiger charge is 2.32. The average molecular weight is 340 g/mol. The van der Waals surface area contributed by atoms with Crippen LogP contribution in [0.5, 0.6) is 0 Å². The highest BCUT2D eigenvalue weighted by Crippen LogP contribution is 2.28. The van der Waals surface area contributed by atoms with Crippen LogP contribution in [0.1, 0.15) is 5.56 Å². The molecule has 7 nitrogen and oxygen atoms in total. The van der Waals surface area contributed by atoms with E-state index in [0.717, 1.165) is 5.56 Å². The minimum Gasteiger partial charge on any atom is -0.468 e. The first-order valence-corrected chi connectivity index (χ1v) is 7.42. The fourth-order valence-corrected chi connectivity index (χ4v) is 2.44. The van der Waals surface area contributed by atoms with Crippen LogP contribution in [0.3, 0.4) is 0 Å². The molecular formula is C15H18ClN3O4. The Labute approximate surface area is 139 Å². The van der Waals surface area contributed by atoms with Crippen LogP contribution in [0.4, 0.5) is 5.69 Å². The van der Waals surface area contributed by atoms with Gasteiger partial charge in [0.05, 0.1) is 20.2 Å². The summed E-state index contributed by atoms with van der Waals surface area (Å²) in [6.07, 6.45) is 0. The predicted octanol–water partition coefficient (Wildman–Crippen LogP) is 0.544. The van der Waals surface area contributed by atoms with Gasteiger partial charge in [0.15, 0.2) is 0 Å². The maximum atomic E-state index is 12.2. The molecule has 1 N–H and O–H groups in total. The molecule has 23 heavy (non-hydrogen) atoms. The molecule has 8 heteroatoms. The number of rotatable bonds is 5. The van der Waals surface area contributed by atoms with Crippen LogP contribution in [-0.2, 0) is 19.1 Å². The molecule has 1 saturated heterocycles. The Morgan fingerprint density at radius 1 is 1.35 bits per heavy atom. The molecule has 0 aromatic heterocycles. The van der Waals surface area contributed by atoms with Crippen LogP contribution in [-0.4, -0.2) is 56.1 Å². The first-order chi connectivity index (χ1) is 10.9. The van der Waals surface area contributed by atoms with Gasteiger partial charge < -0.3 is 9.64 Å². The summed E-state index contributed by atoms with van der Waals surface area (Å²) in [5.74, 6) is -0.882. The van der Waals surface area contributed by atoms with Gasteiger partial charge in [0.25, 0.3) is 0 Å². The molecule has 0 saturated carbocycles. The number of anilines is 1. The van der Waals surface area contributed by atoms with Crippen molar-refractivity contribution in [2.75, 3.05) is 38.3 Å². The Kier molecular flexibility index (Phi) is 5.57. The van der Waals surface area contributed by atoms with Crippen molar-refractivity contribution in [3.63, 3.8) is 0 Å². The Bertz CT molecular complexity index is 635. The van der Waals surface area contributed by atoms with Crippen LogP contribution in [0.2, 0.25) is 5.02 Å². The SMILES string of the molecule is COC(=O)CNCC(=O)N1CC(=O)N(c2cccc(Cl)c2C)C1. The summed E-state index contributed by atoms with van der Waals surface area (Å²) in [7, 11) is 1.27. The molecule has 0 aliphatic carbocycles. The van der Waals surface area contributed by atoms with E-state index in [1.165, 1.54) is 16.9 Å². The number of ether oxygens (including phenoxy) is 1. The van der Waals surface area contributed by atoms with E-state index in [1.807, 2.05) is 6.92 Å². The number of hydrogen-bond donors (Lipinski definition) is 1. The second kappa shape index (κ2) is 7.43. The Morgan fingerprint density at radius 3 is 2.78 bits per heavy atom. The smallest absolute Gasteiger partial charge is 0.319 e.